The second kappa shape index (κ2) is 9.37. The molecule has 25 heavy (non-hydrogen) atoms. The molecule has 1 aromatic carbocycles. The molecule has 2 aromatic rings. The number of carbonyl (C=O) groups is 1. The SMILES string of the molecule is O=C(CCCc1ccc(Cl)cc1)N(Cc1cccs1)CC1CCCO1. The fraction of sp³-hybridized carbons (Fsp3) is 0.450. The highest BCUT2D eigenvalue weighted by atomic mass is 35.5. The second-order valence-corrected chi connectivity index (χ2v) is 7.94. The molecule has 2 heterocycles. The average Bonchev–Trinajstić information content (AvgIpc) is 3.30. The van der Waals surface area contributed by atoms with Gasteiger partial charge >= 0.3 is 0 Å². The number of ether oxygens (including phenoxy) is 1. The van der Waals surface area contributed by atoms with Crippen LogP contribution in [0.4, 0.5) is 0 Å². The molecule has 1 saturated heterocycles. The molecule has 1 fully saturated rings. The molecule has 1 amide bonds. The van der Waals surface area contributed by atoms with Gasteiger partial charge in [0.25, 0.3) is 0 Å². The lowest BCUT2D eigenvalue weighted by atomic mass is 10.1. The van der Waals surface area contributed by atoms with E-state index in [1.165, 1.54) is 10.4 Å². The number of hydrogen-bond acceptors (Lipinski definition) is 3. The fourth-order valence-electron chi connectivity index (χ4n) is 3.13. The summed E-state index contributed by atoms with van der Waals surface area (Å²) in [6, 6.07) is 12.0. The van der Waals surface area contributed by atoms with E-state index in [0.717, 1.165) is 37.3 Å². The first kappa shape index (κ1) is 18.4. The van der Waals surface area contributed by atoms with Crippen LogP contribution >= 0.6 is 22.9 Å². The molecule has 1 unspecified atom stereocenters. The Morgan fingerprint density at radius 3 is 2.80 bits per heavy atom. The maximum absolute atomic E-state index is 12.8. The highest BCUT2D eigenvalue weighted by molar-refractivity contribution is 7.09. The third-order valence-corrected chi connectivity index (χ3v) is 5.61. The summed E-state index contributed by atoms with van der Waals surface area (Å²) in [6.07, 6.45) is 4.67. The van der Waals surface area contributed by atoms with Gasteiger partial charge in [0.05, 0.1) is 12.6 Å². The number of nitrogens with zero attached hydrogens (tertiary/aromatic N) is 1. The van der Waals surface area contributed by atoms with Crippen molar-refractivity contribution in [2.75, 3.05) is 13.2 Å². The number of aryl methyl sites for hydroxylation is 1. The number of amides is 1. The largest absolute Gasteiger partial charge is 0.376 e. The standard InChI is InChI=1S/C20H24ClNO2S/c21-17-10-8-16(9-11-17)4-1-7-20(23)22(14-18-5-2-12-24-18)15-19-6-3-13-25-19/h3,6,8-11,13,18H,1-2,4-5,7,12,14-15H2. The van der Waals surface area contributed by atoms with Crippen molar-refractivity contribution in [3.63, 3.8) is 0 Å². The van der Waals surface area contributed by atoms with E-state index < -0.39 is 0 Å². The van der Waals surface area contributed by atoms with Gasteiger partial charge < -0.3 is 9.64 Å². The maximum atomic E-state index is 12.8. The minimum atomic E-state index is 0.195. The molecule has 1 aromatic heterocycles. The first-order chi connectivity index (χ1) is 12.2. The molecule has 3 nitrogen and oxygen atoms in total. The van der Waals surface area contributed by atoms with E-state index in [2.05, 4.69) is 11.4 Å². The highest BCUT2D eigenvalue weighted by Gasteiger charge is 2.22. The van der Waals surface area contributed by atoms with Crippen LogP contribution in [0, 0.1) is 0 Å². The van der Waals surface area contributed by atoms with Crippen molar-refractivity contribution in [3.8, 4) is 0 Å². The van der Waals surface area contributed by atoms with Crippen LogP contribution in [-0.2, 0) is 22.5 Å². The first-order valence-electron chi connectivity index (χ1n) is 8.87. The Morgan fingerprint density at radius 1 is 1.28 bits per heavy atom. The number of carbonyl (C=O) groups excluding carboxylic acids is 1. The van der Waals surface area contributed by atoms with Gasteiger partial charge in [-0.25, -0.2) is 0 Å². The van der Waals surface area contributed by atoms with Gasteiger partial charge in [0.1, 0.15) is 0 Å². The number of thiophene rings is 1. The zero-order chi connectivity index (χ0) is 17.5. The van der Waals surface area contributed by atoms with Crippen molar-refractivity contribution >= 4 is 28.8 Å². The Balaban J connectivity index is 1.52. The highest BCUT2D eigenvalue weighted by Crippen LogP contribution is 2.19. The molecule has 1 atom stereocenters. The summed E-state index contributed by atoms with van der Waals surface area (Å²) in [6.45, 7) is 2.22. The van der Waals surface area contributed by atoms with Crippen molar-refractivity contribution in [3.05, 3.63) is 57.2 Å². The minimum absolute atomic E-state index is 0.195. The maximum Gasteiger partial charge on any atom is 0.222 e. The van der Waals surface area contributed by atoms with E-state index in [-0.39, 0.29) is 12.0 Å². The Kier molecular flexibility index (Phi) is 6.91. The lowest BCUT2D eigenvalue weighted by Gasteiger charge is -2.25. The van der Waals surface area contributed by atoms with Crippen molar-refractivity contribution in [2.45, 2.75) is 44.8 Å². The van der Waals surface area contributed by atoms with E-state index in [1.807, 2.05) is 35.2 Å². The number of rotatable bonds is 8. The Labute approximate surface area is 158 Å². The Bertz CT molecular complexity index is 651. The molecule has 0 N–H and O–H groups in total. The molecule has 5 heteroatoms. The van der Waals surface area contributed by atoms with Gasteiger partial charge in [0.15, 0.2) is 0 Å². The fourth-order valence-corrected chi connectivity index (χ4v) is 3.98. The van der Waals surface area contributed by atoms with Crippen LogP contribution in [0.1, 0.15) is 36.1 Å². The van der Waals surface area contributed by atoms with Crippen molar-refractivity contribution in [2.24, 2.45) is 0 Å². The lowest BCUT2D eigenvalue weighted by Crippen LogP contribution is -2.36. The Hall–Kier alpha value is -1.36. The summed E-state index contributed by atoms with van der Waals surface area (Å²) in [5.74, 6) is 0.220. The van der Waals surface area contributed by atoms with E-state index in [4.69, 9.17) is 16.3 Å². The van der Waals surface area contributed by atoms with Gasteiger partial charge in [0.2, 0.25) is 5.91 Å². The second-order valence-electron chi connectivity index (χ2n) is 6.47. The number of hydrogen-bond donors (Lipinski definition) is 0. The molecule has 3 rings (SSSR count). The summed E-state index contributed by atoms with van der Waals surface area (Å²) in [5.41, 5.74) is 1.22. The van der Waals surface area contributed by atoms with Crippen LogP contribution in [0.25, 0.3) is 0 Å². The molecule has 0 radical (unpaired) electrons. The van der Waals surface area contributed by atoms with E-state index in [0.29, 0.717) is 19.5 Å². The molecule has 0 aliphatic carbocycles. The topological polar surface area (TPSA) is 29.5 Å². The van der Waals surface area contributed by atoms with Crippen molar-refractivity contribution < 1.29 is 9.53 Å². The van der Waals surface area contributed by atoms with Gasteiger partial charge in [-0.2, -0.15) is 0 Å². The molecule has 1 aliphatic rings. The smallest absolute Gasteiger partial charge is 0.222 e. The summed E-state index contributed by atoms with van der Waals surface area (Å²) in [4.78, 5) is 16.0. The third kappa shape index (κ3) is 5.84. The van der Waals surface area contributed by atoms with Crippen LogP contribution in [0.5, 0.6) is 0 Å². The van der Waals surface area contributed by atoms with Gasteiger partial charge in [-0.3, -0.25) is 4.79 Å². The molecule has 0 saturated carbocycles. The van der Waals surface area contributed by atoms with Crippen LogP contribution < -0.4 is 0 Å². The molecular weight excluding hydrogens is 354 g/mol. The van der Waals surface area contributed by atoms with Crippen LogP contribution in [-0.4, -0.2) is 30.1 Å². The minimum Gasteiger partial charge on any atom is -0.376 e. The van der Waals surface area contributed by atoms with Crippen LogP contribution in [0.15, 0.2) is 41.8 Å². The van der Waals surface area contributed by atoms with Crippen molar-refractivity contribution in [1.82, 2.24) is 4.90 Å². The number of halogens is 1. The monoisotopic (exact) mass is 377 g/mol. The van der Waals surface area contributed by atoms with E-state index in [1.54, 1.807) is 11.3 Å². The van der Waals surface area contributed by atoms with E-state index >= 15 is 0 Å². The zero-order valence-electron chi connectivity index (χ0n) is 14.3. The van der Waals surface area contributed by atoms with Crippen LogP contribution in [0.2, 0.25) is 5.02 Å². The van der Waals surface area contributed by atoms with Crippen molar-refractivity contribution in [1.29, 1.82) is 0 Å². The lowest BCUT2D eigenvalue weighted by molar-refractivity contribution is -0.133. The Morgan fingerprint density at radius 2 is 2.12 bits per heavy atom. The predicted octanol–water partition coefficient (Wildman–Crippen LogP) is 4.93. The quantitative estimate of drug-likeness (QED) is 0.652. The van der Waals surface area contributed by atoms with Gasteiger partial charge in [0, 0.05) is 29.5 Å². The zero-order valence-corrected chi connectivity index (χ0v) is 15.9. The van der Waals surface area contributed by atoms with Gasteiger partial charge in [-0.05, 0) is 54.8 Å². The average molecular weight is 378 g/mol. The molecular formula is C20H24ClNO2S. The predicted molar refractivity (Wildman–Crippen MR) is 103 cm³/mol. The van der Waals surface area contributed by atoms with Gasteiger partial charge in [-0.1, -0.05) is 29.8 Å². The first-order valence-corrected chi connectivity index (χ1v) is 10.1. The van der Waals surface area contributed by atoms with E-state index in [9.17, 15) is 4.79 Å². The van der Waals surface area contributed by atoms with Crippen LogP contribution in [0.3, 0.4) is 0 Å². The summed E-state index contributed by atoms with van der Waals surface area (Å²) in [5, 5.41) is 2.81. The number of benzene rings is 1. The van der Waals surface area contributed by atoms with Gasteiger partial charge in [-0.15, -0.1) is 11.3 Å². The normalized spacial score (nSPS) is 16.9. The molecule has 0 bridgehead atoms. The summed E-state index contributed by atoms with van der Waals surface area (Å²) in [7, 11) is 0. The summed E-state index contributed by atoms with van der Waals surface area (Å²) >= 11 is 7.62. The molecule has 134 valence electrons. The summed E-state index contributed by atoms with van der Waals surface area (Å²) < 4.78 is 5.73. The molecule has 1 aliphatic heterocycles. The third-order valence-electron chi connectivity index (χ3n) is 4.50. The molecule has 0 spiro atoms.